The quantitative estimate of drug-likeness (QED) is 0.254. The highest BCUT2D eigenvalue weighted by molar-refractivity contribution is 8.11. The van der Waals surface area contributed by atoms with E-state index in [1.807, 2.05) is 0 Å². The molecule has 0 fully saturated rings. The topological polar surface area (TPSA) is 0 Å². The van der Waals surface area contributed by atoms with Gasteiger partial charge in [-0.15, -0.1) is 0 Å². The van der Waals surface area contributed by atoms with Crippen LogP contribution in [0.1, 0.15) is 78.1 Å². The van der Waals surface area contributed by atoms with Crippen LogP contribution in [0.5, 0.6) is 0 Å². The van der Waals surface area contributed by atoms with Crippen molar-refractivity contribution < 1.29 is 0 Å². The molecule has 0 heterocycles. The number of hydrogen-bond acceptors (Lipinski definition) is 0. The van der Waals surface area contributed by atoms with E-state index < -0.39 is 0 Å². The maximum Gasteiger partial charge on any atom is -0.0242 e. The van der Waals surface area contributed by atoms with E-state index in [0.29, 0.717) is 0 Å². The van der Waals surface area contributed by atoms with Gasteiger partial charge in [-0.25, -0.2) is 0 Å². The minimum Gasteiger partial charge on any atom is -0.0654 e. The van der Waals surface area contributed by atoms with Crippen molar-refractivity contribution in [1.29, 1.82) is 0 Å². The average molecular weight is 260 g/mol. The van der Waals surface area contributed by atoms with Crippen molar-refractivity contribution in [1.82, 2.24) is 0 Å². The van der Waals surface area contributed by atoms with E-state index in [9.17, 15) is 0 Å². The second kappa shape index (κ2) is 15.9. The zero-order valence-corrected chi connectivity index (χ0v) is 13.2. The molecular formula is C14H30P2. The van der Waals surface area contributed by atoms with Crippen molar-refractivity contribution in [2.24, 2.45) is 0 Å². The van der Waals surface area contributed by atoms with Crippen molar-refractivity contribution in [3.63, 3.8) is 0 Å². The normalized spacial score (nSPS) is 12.4. The van der Waals surface area contributed by atoms with Gasteiger partial charge in [0.2, 0.25) is 0 Å². The van der Waals surface area contributed by atoms with Gasteiger partial charge < -0.3 is 0 Å². The molecule has 0 atom stereocenters. The second-order valence-corrected chi connectivity index (χ2v) is 7.72. The smallest absolute Gasteiger partial charge is 0.0242 e. The Morgan fingerprint density at radius 2 is 0.875 bits per heavy atom. The third-order valence-electron chi connectivity index (χ3n) is 2.82. The van der Waals surface area contributed by atoms with Gasteiger partial charge in [0.25, 0.3) is 0 Å². The Balaban J connectivity index is 2.83. The first-order valence-electron chi connectivity index (χ1n) is 7.25. The first kappa shape index (κ1) is 16.9. The summed E-state index contributed by atoms with van der Waals surface area (Å²) in [6.45, 7) is 4.57. The first-order valence-corrected chi connectivity index (χ1v) is 10.1. The Labute approximate surface area is 107 Å². The van der Waals surface area contributed by atoms with Crippen molar-refractivity contribution in [2.75, 3.05) is 12.3 Å². The van der Waals surface area contributed by atoms with E-state index in [1.54, 1.807) is 16.5 Å². The standard InChI is InChI=1S/C14H30P2/c1-3-5-7-9-11-13-15-16-14-12-10-8-6-4-2/h3-14H2,1-2H3. The summed E-state index contributed by atoms with van der Waals surface area (Å²) in [5.74, 6) is 0. The van der Waals surface area contributed by atoms with Crippen LogP contribution in [-0.2, 0) is 0 Å². The average Bonchev–Trinajstić information content (AvgIpc) is 2.31. The molecule has 0 spiro atoms. The summed E-state index contributed by atoms with van der Waals surface area (Å²) in [4.78, 5) is 0. The molecule has 0 aromatic heterocycles. The zero-order chi connectivity index (χ0) is 11.9. The molecule has 0 aromatic rings. The van der Waals surface area contributed by atoms with Crippen LogP contribution >= 0.6 is 16.5 Å². The molecule has 0 unspecified atom stereocenters. The molecule has 0 amide bonds. The van der Waals surface area contributed by atoms with E-state index in [-0.39, 0.29) is 0 Å². The molecule has 16 heavy (non-hydrogen) atoms. The minimum absolute atomic E-state index is 1.37. The molecule has 0 saturated heterocycles. The Bertz CT molecular complexity index is 101. The molecule has 96 valence electrons. The van der Waals surface area contributed by atoms with Crippen LogP contribution in [0.3, 0.4) is 0 Å². The monoisotopic (exact) mass is 260 g/mol. The molecule has 0 nitrogen and oxygen atoms in total. The van der Waals surface area contributed by atoms with Gasteiger partial charge in [0.1, 0.15) is 0 Å². The van der Waals surface area contributed by atoms with Crippen LogP contribution in [0, 0.1) is 0 Å². The van der Waals surface area contributed by atoms with E-state index in [2.05, 4.69) is 13.8 Å². The lowest BCUT2D eigenvalue weighted by atomic mass is 10.2. The molecule has 0 aliphatic heterocycles. The summed E-state index contributed by atoms with van der Waals surface area (Å²) in [6, 6.07) is 0. The lowest BCUT2D eigenvalue weighted by Gasteiger charge is -2.01. The van der Waals surface area contributed by atoms with Gasteiger partial charge in [-0.05, 0) is 41.7 Å². The molecule has 2 radical (unpaired) electrons. The van der Waals surface area contributed by atoms with E-state index in [1.165, 1.54) is 76.5 Å². The molecule has 0 N–H and O–H groups in total. The molecule has 0 aliphatic rings. The summed E-state index contributed by atoms with van der Waals surface area (Å²) in [6.07, 6.45) is 17.3. The van der Waals surface area contributed by atoms with E-state index >= 15 is 0 Å². The maximum atomic E-state index is 2.29. The predicted octanol–water partition coefficient (Wildman–Crippen LogP) is 6.73. The highest BCUT2D eigenvalue weighted by Crippen LogP contribution is 2.38. The SMILES string of the molecule is CCCCCCC[P][P]CCCCCCC. The molecular weight excluding hydrogens is 230 g/mol. The Hall–Kier alpha value is 0.860. The highest BCUT2D eigenvalue weighted by Gasteiger charge is 1.93. The molecule has 0 rings (SSSR count). The second-order valence-electron chi connectivity index (χ2n) is 4.56. The van der Waals surface area contributed by atoms with Crippen molar-refractivity contribution >= 4 is 16.5 Å². The van der Waals surface area contributed by atoms with E-state index in [4.69, 9.17) is 0 Å². The third-order valence-corrected chi connectivity index (χ3v) is 5.86. The number of rotatable bonds is 13. The maximum absolute atomic E-state index is 2.29. The van der Waals surface area contributed by atoms with Crippen LogP contribution in [0.15, 0.2) is 0 Å². The molecule has 0 aliphatic carbocycles. The Morgan fingerprint density at radius 1 is 0.500 bits per heavy atom. The van der Waals surface area contributed by atoms with Gasteiger partial charge in [-0.3, -0.25) is 0 Å². The summed E-state index contributed by atoms with van der Waals surface area (Å²) < 4.78 is 0. The molecule has 0 saturated carbocycles. The van der Waals surface area contributed by atoms with Gasteiger partial charge in [0.05, 0.1) is 0 Å². The van der Waals surface area contributed by atoms with Gasteiger partial charge in [-0.1, -0.05) is 65.2 Å². The summed E-state index contributed by atoms with van der Waals surface area (Å²) >= 11 is 0. The lowest BCUT2D eigenvalue weighted by molar-refractivity contribution is 0.658. The number of hydrogen-bond donors (Lipinski definition) is 0. The minimum atomic E-state index is 1.37. The third kappa shape index (κ3) is 14.9. The van der Waals surface area contributed by atoms with Crippen LogP contribution in [-0.4, -0.2) is 12.3 Å². The van der Waals surface area contributed by atoms with E-state index in [0.717, 1.165) is 0 Å². The fourth-order valence-corrected chi connectivity index (χ4v) is 4.42. The molecule has 0 aromatic carbocycles. The summed E-state index contributed by atoms with van der Waals surface area (Å²) in [5.41, 5.74) is 0. The van der Waals surface area contributed by atoms with Gasteiger partial charge in [0, 0.05) is 0 Å². The van der Waals surface area contributed by atoms with Crippen molar-refractivity contribution in [3.8, 4) is 0 Å². The summed E-state index contributed by atoms with van der Waals surface area (Å²) in [7, 11) is 3.38. The predicted molar refractivity (Wildman–Crippen MR) is 81.1 cm³/mol. The van der Waals surface area contributed by atoms with Crippen LogP contribution in [0.4, 0.5) is 0 Å². The fraction of sp³-hybridized carbons (Fsp3) is 1.00. The number of unbranched alkanes of at least 4 members (excludes halogenated alkanes) is 8. The van der Waals surface area contributed by atoms with Crippen LogP contribution in [0.2, 0.25) is 0 Å². The Morgan fingerprint density at radius 3 is 1.25 bits per heavy atom. The van der Waals surface area contributed by atoms with Gasteiger partial charge in [-0.2, -0.15) is 0 Å². The summed E-state index contributed by atoms with van der Waals surface area (Å²) in [5, 5.41) is 0. The van der Waals surface area contributed by atoms with Gasteiger partial charge in [0.15, 0.2) is 0 Å². The highest BCUT2D eigenvalue weighted by atomic mass is 32.0. The van der Waals surface area contributed by atoms with Crippen molar-refractivity contribution in [2.45, 2.75) is 78.1 Å². The van der Waals surface area contributed by atoms with Crippen LogP contribution < -0.4 is 0 Å². The van der Waals surface area contributed by atoms with Crippen molar-refractivity contribution in [3.05, 3.63) is 0 Å². The Kier molecular flexibility index (Phi) is 16.7. The molecule has 2 heteroatoms. The zero-order valence-electron chi connectivity index (χ0n) is 11.4. The largest absolute Gasteiger partial charge is 0.0654 e. The molecule has 0 bridgehead atoms. The van der Waals surface area contributed by atoms with Crippen LogP contribution in [0.25, 0.3) is 0 Å². The lowest BCUT2D eigenvalue weighted by Crippen LogP contribution is -1.80. The fourth-order valence-electron chi connectivity index (χ4n) is 1.71. The first-order chi connectivity index (χ1) is 7.91. The van der Waals surface area contributed by atoms with Gasteiger partial charge >= 0.3 is 0 Å².